The van der Waals surface area contributed by atoms with Crippen molar-refractivity contribution in [1.82, 2.24) is 19.1 Å². The Morgan fingerprint density at radius 1 is 1.08 bits per heavy atom. The molecular formula is C21H22N4O. The van der Waals surface area contributed by atoms with E-state index in [2.05, 4.69) is 64.8 Å². The van der Waals surface area contributed by atoms with E-state index in [1.165, 1.54) is 0 Å². The second-order valence-electron chi connectivity index (χ2n) is 6.37. The van der Waals surface area contributed by atoms with E-state index in [4.69, 9.17) is 4.74 Å². The molecule has 132 valence electrons. The second-order valence-corrected chi connectivity index (χ2v) is 6.37. The van der Waals surface area contributed by atoms with Crippen LogP contribution in [0.3, 0.4) is 0 Å². The van der Waals surface area contributed by atoms with Crippen LogP contribution in [0, 0.1) is 0 Å². The topological polar surface area (TPSA) is 44.9 Å². The summed E-state index contributed by atoms with van der Waals surface area (Å²) in [7, 11) is 0. The van der Waals surface area contributed by atoms with Crippen molar-refractivity contribution in [3.63, 3.8) is 0 Å². The Morgan fingerprint density at radius 3 is 2.77 bits per heavy atom. The predicted molar refractivity (Wildman–Crippen MR) is 103 cm³/mol. The number of hydrogen-bond acceptors (Lipinski definition) is 3. The number of imidazole rings is 2. The Balaban J connectivity index is 1.69. The highest BCUT2D eigenvalue weighted by Gasteiger charge is 2.10. The van der Waals surface area contributed by atoms with Crippen LogP contribution in [0.5, 0.6) is 0 Å². The van der Waals surface area contributed by atoms with Crippen LogP contribution in [-0.4, -0.2) is 25.7 Å². The van der Waals surface area contributed by atoms with Crippen LogP contribution >= 0.6 is 0 Å². The molecule has 2 aromatic carbocycles. The Morgan fingerprint density at radius 2 is 1.96 bits per heavy atom. The van der Waals surface area contributed by atoms with Crippen molar-refractivity contribution in [3.8, 4) is 11.4 Å². The third-order valence-electron chi connectivity index (χ3n) is 4.52. The van der Waals surface area contributed by atoms with Crippen molar-refractivity contribution in [2.75, 3.05) is 6.61 Å². The third kappa shape index (κ3) is 3.13. The second kappa shape index (κ2) is 7.14. The van der Waals surface area contributed by atoms with Gasteiger partial charge in [-0.1, -0.05) is 19.1 Å². The summed E-state index contributed by atoms with van der Waals surface area (Å²) in [6.45, 7) is 4.98. The summed E-state index contributed by atoms with van der Waals surface area (Å²) in [6, 6.07) is 14.7. The fourth-order valence-electron chi connectivity index (χ4n) is 3.09. The minimum atomic E-state index is 0.0778. The third-order valence-corrected chi connectivity index (χ3v) is 4.52. The van der Waals surface area contributed by atoms with Crippen molar-refractivity contribution in [1.29, 1.82) is 0 Å². The molecular weight excluding hydrogens is 324 g/mol. The Kier molecular flexibility index (Phi) is 4.54. The molecule has 1 atom stereocenters. The van der Waals surface area contributed by atoms with E-state index >= 15 is 0 Å². The van der Waals surface area contributed by atoms with Crippen molar-refractivity contribution in [3.05, 3.63) is 73.1 Å². The molecule has 0 aliphatic heterocycles. The van der Waals surface area contributed by atoms with E-state index in [1.807, 2.05) is 23.2 Å². The lowest BCUT2D eigenvalue weighted by atomic mass is 10.1. The first-order valence-corrected chi connectivity index (χ1v) is 8.93. The number of fused-ring (bicyclic) bond motifs is 1. The maximum absolute atomic E-state index is 5.83. The quantitative estimate of drug-likeness (QED) is 0.508. The number of nitrogens with zero attached hydrogens (tertiary/aromatic N) is 4. The van der Waals surface area contributed by atoms with Crippen molar-refractivity contribution < 1.29 is 4.74 Å². The van der Waals surface area contributed by atoms with Gasteiger partial charge in [0.1, 0.15) is 6.33 Å². The monoisotopic (exact) mass is 346 g/mol. The fourth-order valence-corrected chi connectivity index (χ4v) is 3.09. The minimum Gasteiger partial charge on any atom is -0.374 e. The van der Waals surface area contributed by atoms with E-state index in [0.717, 1.165) is 41.0 Å². The Hall–Kier alpha value is -2.92. The van der Waals surface area contributed by atoms with Gasteiger partial charge in [0.25, 0.3) is 0 Å². The summed E-state index contributed by atoms with van der Waals surface area (Å²) in [5, 5.41) is 0. The summed E-state index contributed by atoms with van der Waals surface area (Å²) in [4.78, 5) is 8.72. The van der Waals surface area contributed by atoms with Gasteiger partial charge >= 0.3 is 0 Å². The molecule has 0 N–H and O–H groups in total. The van der Waals surface area contributed by atoms with Gasteiger partial charge in [0.2, 0.25) is 0 Å². The highest BCUT2D eigenvalue weighted by molar-refractivity contribution is 5.78. The van der Waals surface area contributed by atoms with Crippen molar-refractivity contribution in [2.45, 2.75) is 26.4 Å². The molecule has 0 radical (unpaired) electrons. The van der Waals surface area contributed by atoms with Crippen molar-refractivity contribution >= 4 is 11.0 Å². The zero-order valence-electron chi connectivity index (χ0n) is 15.0. The summed E-state index contributed by atoms with van der Waals surface area (Å²) in [6.07, 6.45) is 8.49. The molecule has 0 aliphatic carbocycles. The lowest BCUT2D eigenvalue weighted by Gasteiger charge is -2.13. The van der Waals surface area contributed by atoms with Crippen LogP contribution < -0.4 is 0 Å². The molecule has 5 heteroatoms. The highest BCUT2D eigenvalue weighted by atomic mass is 16.5. The number of hydrogen-bond donors (Lipinski definition) is 0. The largest absolute Gasteiger partial charge is 0.374 e. The van der Waals surface area contributed by atoms with Gasteiger partial charge in [0, 0.05) is 30.4 Å². The summed E-state index contributed by atoms with van der Waals surface area (Å²) < 4.78 is 9.93. The van der Waals surface area contributed by atoms with Gasteiger partial charge in [0.05, 0.1) is 23.5 Å². The number of aromatic nitrogens is 4. The molecule has 0 saturated heterocycles. The van der Waals surface area contributed by atoms with Gasteiger partial charge in [-0.25, -0.2) is 9.97 Å². The van der Waals surface area contributed by atoms with Gasteiger partial charge in [-0.2, -0.15) is 0 Å². The average molecular weight is 346 g/mol. The number of ether oxygens (including phenoxy) is 1. The molecule has 5 nitrogen and oxygen atoms in total. The molecule has 0 bridgehead atoms. The molecule has 0 saturated carbocycles. The Labute approximate surface area is 152 Å². The first-order chi connectivity index (χ1) is 12.8. The molecule has 2 aromatic heterocycles. The lowest BCUT2D eigenvalue weighted by Crippen LogP contribution is -2.01. The summed E-state index contributed by atoms with van der Waals surface area (Å²) in [5.41, 5.74) is 5.35. The number of rotatable bonds is 6. The standard InChI is InChI=1S/C21H22N4O/c1-3-11-26-16(2)17-7-8-21-20(12-17)23-15-25(21)19-6-4-5-18(13-19)24-10-9-22-14-24/h4-10,12-16H,3,11H2,1-2H3. The molecule has 4 rings (SSSR count). The van der Waals surface area contributed by atoms with E-state index in [1.54, 1.807) is 12.5 Å². The van der Waals surface area contributed by atoms with Crippen LogP contribution in [0.4, 0.5) is 0 Å². The minimum absolute atomic E-state index is 0.0778. The zero-order chi connectivity index (χ0) is 17.9. The molecule has 1 unspecified atom stereocenters. The highest BCUT2D eigenvalue weighted by Crippen LogP contribution is 2.25. The van der Waals surface area contributed by atoms with Gasteiger partial charge in [-0.05, 0) is 49.2 Å². The maximum atomic E-state index is 5.83. The maximum Gasteiger partial charge on any atom is 0.100 e. The first-order valence-electron chi connectivity index (χ1n) is 8.93. The van der Waals surface area contributed by atoms with Gasteiger partial charge in [0.15, 0.2) is 0 Å². The molecule has 2 heterocycles. The van der Waals surface area contributed by atoms with E-state index in [9.17, 15) is 0 Å². The first kappa shape index (κ1) is 16.5. The molecule has 0 aliphatic rings. The lowest BCUT2D eigenvalue weighted by molar-refractivity contribution is 0.0663. The smallest absolute Gasteiger partial charge is 0.100 e. The van der Waals surface area contributed by atoms with Crippen LogP contribution in [0.15, 0.2) is 67.5 Å². The molecule has 26 heavy (non-hydrogen) atoms. The van der Waals surface area contributed by atoms with Gasteiger partial charge < -0.3 is 9.30 Å². The SMILES string of the molecule is CCCOC(C)c1ccc2c(c1)ncn2-c1cccc(-n2ccnc2)c1. The van der Waals surface area contributed by atoms with Crippen molar-refractivity contribution in [2.24, 2.45) is 0 Å². The van der Waals surface area contributed by atoms with Crippen LogP contribution in [-0.2, 0) is 4.74 Å². The molecule has 4 aromatic rings. The van der Waals surface area contributed by atoms with E-state index in [-0.39, 0.29) is 6.10 Å². The predicted octanol–water partition coefficient (Wildman–Crippen LogP) is 4.70. The summed E-state index contributed by atoms with van der Waals surface area (Å²) >= 11 is 0. The zero-order valence-corrected chi connectivity index (χ0v) is 15.0. The average Bonchev–Trinajstić information content (AvgIpc) is 3.35. The normalized spacial score (nSPS) is 12.5. The fraction of sp³-hybridized carbons (Fsp3) is 0.238. The molecule has 0 spiro atoms. The molecule has 0 fully saturated rings. The van der Waals surface area contributed by atoms with Gasteiger partial charge in [-0.15, -0.1) is 0 Å². The molecule has 0 amide bonds. The van der Waals surface area contributed by atoms with Gasteiger partial charge in [-0.3, -0.25) is 4.57 Å². The number of benzene rings is 2. The van der Waals surface area contributed by atoms with E-state index < -0.39 is 0 Å². The Bertz CT molecular complexity index is 1000. The summed E-state index contributed by atoms with van der Waals surface area (Å²) in [5.74, 6) is 0. The van der Waals surface area contributed by atoms with Crippen LogP contribution in [0.2, 0.25) is 0 Å². The van der Waals surface area contributed by atoms with E-state index in [0.29, 0.717) is 0 Å². The van der Waals surface area contributed by atoms with Crippen LogP contribution in [0.25, 0.3) is 22.4 Å². The van der Waals surface area contributed by atoms with Crippen LogP contribution in [0.1, 0.15) is 31.9 Å².